The van der Waals surface area contributed by atoms with E-state index in [-0.39, 0.29) is 0 Å². The quantitative estimate of drug-likeness (QED) is 0.650. The molecule has 1 aliphatic rings. The van der Waals surface area contributed by atoms with Gasteiger partial charge in [0.05, 0.1) is 6.20 Å². The van der Waals surface area contributed by atoms with E-state index in [9.17, 15) is 0 Å². The van der Waals surface area contributed by atoms with Crippen LogP contribution in [0, 0.1) is 0 Å². The molecular formula is C10H14N2O. The van der Waals surface area contributed by atoms with Crippen molar-refractivity contribution in [3.8, 4) is 0 Å². The Balaban J connectivity index is 2.04. The van der Waals surface area contributed by atoms with Gasteiger partial charge in [-0.25, -0.2) is 0 Å². The molecule has 0 aliphatic heterocycles. The molecule has 70 valence electrons. The van der Waals surface area contributed by atoms with E-state index in [1.807, 2.05) is 6.07 Å². The summed E-state index contributed by atoms with van der Waals surface area (Å²) in [5, 5.41) is 3.70. The number of nitrogens with zero attached hydrogens (tertiary/aromatic N) is 2. The Morgan fingerprint density at radius 1 is 1.54 bits per heavy atom. The molecule has 0 saturated carbocycles. The lowest BCUT2D eigenvalue weighted by atomic mass is 10.0. The molecule has 1 aliphatic carbocycles. The van der Waals surface area contributed by atoms with Crippen LogP contribution in [0.2, 0.25) is 0 Å². The molecule has 1 unspecified atom stereocenters. The lowest BCUT2D eigenvalue weighted by Gasteiger charge is -2.27. The second-order valence-electron chi connectivity index (χ2n) is 3.40. The zero-order valence-electron chi connectivity index (χ0n) is 7.81. The summed E-state index contributed by atoms with van der Waals surface area (Å²) in [4.78, 5) is 2.16. The summed E-state index contributed by atoms with van der Waals surface area (Å²) in [6, 6.07) is 2.47. The van der Waals surface area contributed by atoms with Crippen molar-refractivity contribution in [2.75, 3.05) is 11.9 Å². The highest BCUT2D eigenvalue weighted by molar-refractivity contribution is 5.33. The molecule has 0 radical (unpaired) electrons. The third-order valence-corrected chi connectivity index (χ3v) is 2.56. The molecule has 13 heavy (non-hydrogen) atoms. The predicted octanol–water partition coefficient (Wildman–Crippen LogP) is 2.22. The van der Waals surface area contributed by atoms with Crippen molar-refractivity contribution in [3.63, 3.8) is 0 Å². The highest BCUT2D eigenvalue weighted by atomic mass is 16.5. The van der Waals surface area contributed by atoms with Gasteiger partial charge in [0, 0.05) is 19.2 Å². The van der Waals surface area contributed by atoms with Crippen LogP contribution < -0.4 is 4.90 Å². The number of rotatable bonds is 2. The van der Waals surface area contributed by atoms with Crippen molar-refractivity contribution >= 4 is 5.88 Å². The van der Waals surface area contributed by atoms with E-state index in [1.165, 1.54) is 12.8 Å². The van der Waals surface area contributed by atoms with E-state index in [4.69, 9.17) is 4.52 Å². The van der Waals surface area contributed by atoms with E-state index in [2.05, 4.69) is 29.3 Å². The summed E-state index contributed by atoms with van der Waals surface area (Å²) in [5.41, 5.74) is 0. The number of aromatic nitrogens is 1. The highest BCUT2D eigenvalue weighted by Crippen LogP contribution is 2.21. The smallest absolute Gasteiger partial charge is 0.227 e. The Labute approximate surface area is 78.0 Å². The van der Waals surface area contributed by atoms with E-state index < -0.39 is 0 Å². The van der Waals surface area contributed by atoms with Crippen LogP contribution in [0.1, 0.15) is 19.3 Å². The van der Waals surface area contributed by atoms with Crippen molar-refractivity contribution in [2.45, 2.75) is 25.3 Å². The van der Waals surface area contributed by atoms with E-state index in [0.717, 1.165) is 12.3 Å². The summed E-state index contributed by atoms with van der Waals surface area (Å²) < 4.78 is 5.10. The van der Waals surface area contributed by atoms with Gasteiger partial charge in [-0.1, -0.05) is 17.3 Å². The molecule has 0 aromatic carbocycles. The fraction of sp³-hybridized carbons (Fsp3) is 0.500. The average molecular weight is 178 g/mol. The van der Waals surface area contributed by atoms with Crippen LogP contribution in [-0.4, -0.2) is 18.2 Å². The Kier molecular flexibility index (Phi) is 2.34. The fourth-order valence-corrected chi connectivity index (χ4v) is 1.70. The van der Waals surface area contributed by atoms with Crippen LogP contribution in [0.25, 0.3) is 0 Å². The van der Waals surface area contributed by atoms with Crippen LogP contribution in [0.4, 0.5) is 5.88 Å². The van der Waals surface area contributed by atoms with Gasteiger partial charge >= 0.3 is 0 Å². The minimum absolute atomic E-state index is 0.568. The van der Waals surface area contributed by atoms with Gasteiger partial charge in [0.1, 0.15) is 0 Å². The van der Waals surface area contributed by atoms with Crippen molar-refractivity contribution in [1.82, 2.24) is 5.16 Å². The molecule has 1 aromatic heterocycles. The normalized spacial score (nSPS) is 21.8. The zero-order valence-corrected chi connectivity index (χ0v) is 7.81. The molecule has 0 fully saturated rings. The molecule has 2 rings (SSSR count). The fourth-order valence-electron chi connectivity index (χ4n) is 1.70. The zero-order chi connectivity index (χ0) is 9.10. The van der Waals surface area contributed by atoms with Crippen molar-refractivity contribution in [2.24, 2.45) is 0 Å². The Bertz CT molecular complexity index is 279. The minimum atomic E-state index is 0.568. The SMILES string of the molecule is CN(c1ccno1)C1CC=CCC1. The van der Waals surface area contributed by atoms with Gasteiger partial charge in [0.25, 0.3) is 0 Å². The minimum Gasteiger partial charge on any atom is -0.340 e. The Hall–Kier alpha value is -1.25. The van der Waals surface area contributed by atoms with Gasteiger partial charge in [-0.3, -0.25) is 0 Å². The first-order valence-electron chi connectivity index (χ1n) is 4.66. The third kappa shape index (κ3) is 1.74. The highest BCUT2D eigenvalue weighted by Gasteiger charge is 2.17. The van der Waals surface area contributed by atoms with Gasteiger partial charge < -0.3 is 9.42 Å². The second-order valence-corrected chi connectivity index (χ2v) is 3.40. The van der Waals surface area contributed by atoms with E-state index >= 15 is 0 Å². The monoisotopic (exact) mass is 178 g/mol. The Morgan fingerprint density at radius 2 is 2.46 bits per heavy atom. The summed E-state index contributed by atoms with van der Waals surface area (Å²) in [6.45, 7) is 0. The maximum Gasteiger partial charge on any atom is 0.227 e. The van der Waals surface area contributed by atoms with Crippen LogP contribution >= 0.6 is 0 Å². The number of allylic oxidation sites excluding steroid dienone is 1. The maximum atomic E-state index is 5.10. The van der Waals surface area contributed by atoms with Crippen LogP contribution in [0.15, 0.2) is 28.9 Å². The van der Waals surface area contributed by atoms with E-state index in [0.29, 0.717) is 6.04 Å². The molecule has 0 N–H and O–H groups in total. The largest absolute Gasteiger partial charge is 0.340 e. The summed E-state index contributed by atoms with van der Waals surface area (Å²) in [6.07, 6.45) is 9.64. The van der Waals surface area contributed by atoms with E-state index in [1.54, 1.807) is 6.20 Å². The summed E-state index contributed by atoms with van der Waals surface area (Å²) in [5.74, 6) is 0.861. The van der Waals surface area contributed by atoms with Gasteiger partial charge in [-0.05, 0) is 19.3 Å². The number of anilines is 1. The molecule has 0 saturated heterocycles. The average Bonchev–Trinajstić information content (AvgIpc) is 2.71. The van der Waals surface area contributed by atoms with Gasteiger partial charge in [0.2, 0.25) is 5.88 Å². The Morgan fingerprint density at radius 3 is 3.08 bits per heavy atom. The molecule has 0 amide bonds. The van der Waals surface area contributed by atoms with Gasteiger partial charge in [-0.2, -0.15) is 0 Å². The molecule has 0 spiro atoms. The molecular weight excluding hydrogens is 164 g/mol. The number of hydrogen-bond donors (Lipinski definition) is 0. The molecule has 3 heteroatoms. The summed E-state index contributed by atoms with van der Waals surface area (Å²) >= 11 is 0. The van der Waals surface area contributed by atoms with Crippen molar-refractivity contribution in [3.05, 3.63) is 24.4 Å². The molecule has 1 aromatic rings. The molecule has 1 atom stereocenters. The first-order chi connectivity index (χ1) is 6.38. The lowest BCUT2D eigenvalue weighted by molar-refractivity contribution is 0.404. The predicted molar refractivity (Wildman–Crippen MR) is 51.7 cm³/mol. The van der Waals surface area contributed by atoms with Crippen LogP contribution in [-0.2, 0) is 0 Å². The van der Waals surface area contributed by atoms with Crippen LogP contribution in [0.5, 0.6) is 0 Å². The standard InChI is InChI=1S/C10H14N2O/c1-12(10-7-8-11-13-10)9-5-3-2-4-6-9/h2-3,7-9H,4-6H2,1H3. The second kappa shape index (κ2) is 3.64. The molecule has 1 heterocycles. The number of hydrogen-bond acceptors (Lipinski definition) is 3. The maximum absolute atomic E-state index is 5.10. The topological polar surface area (TPSA) is 29.3 Å². The van der Waals surface area contributed by atoms with Crippen molar-refractivity contribution < 1.29 is 4.52 Å². The first kappa shape index (κ1) is 8.35. The molecule has 0 bridgehead atoms. The van der Waals surface area contributed by atoms with Crippen molar-refractivity contribution in [1.29, 1.82) is 0 Å². The van der Waals surface area contributed by atoms with Gasteiger partial charge in [0.15, 0.2) is 0 Å². The van der Waals surface area contributed by atoms with Crippen LogP contribution in [0.3, 0.4) is 0 Å². The first-order valence-corrected chi connectivity index (χ1v) is 4.66. The summed E-state index contributed by atoms with van der Waals surface area (Å²) in [7, 11) is 2.06. The third-order valence-electron chi connectivity index (χ3n) is 2.56. The lowest BCUT2D eigenvalue weighted by Crippen LogP contribution is -2.31. The van der Waals surface area contributed by atoms with Gasteiger partial charge in [-0.15, -0.1) is 0 Å². The molecule has 3 nitrogen and oxygen atoms in total.